The van der Waals surface area contributed by atoms with Gasteiger partial charge in [-0.15, -0.1) is 0 Å². The molecule has 0 aromatic carbocycles. The number of urea groups is 1. The van der Waals surface area contributed by atoms with Crippen molar-refractivity contribution in [3.05, 3.63) is 0 Å². The molecule has 5 N–H and O–H groups in total. The molecule has 5 amide bonds. The quantitative estimate of drug-likeness (QED) is 0.0819. The molecular formula is C34H67N5O7S. The van der Waals surface area contributed by atoms with E-state index in [2.05, 4.69) is 49.4 Å². The second-order valence-electron chi connectivity index (χ2n) is 14.8. The molecule has 12 nitrogen and oxygen atoms in total. The van der Waals surface area contributed by atoms with E-state index in [0.29, 0.717) is 12.8 Å². The molecule has 1 aliphatic heterocycles. The Bertz CT molecular complexity index is 945. The highest BCUT2D eigenvalue weighted by Gasteiger charge is 2.38. The molecule has 276 valence electrons. The van der Waals surface area contributed by atoms with E-state index in [-0.39, 0.29) is 36.4 Å². The zero-order valence-electron chi connectivity index (χ0n) is 31.5. The molecule has 0 aliphatic carbocycles. The number of ketones is 1. The molecule has 1 heterocycles. The maximum Gasteiger partial charge on any atom is 0.325 e. The predicted molar refractivity (Wildman–Crippen MR) is 192 cm³/mol. The SMILES string of the molecule is CC(C)C.CC1CCCN1C(=O)C(NC(=O)NCC(=O)OCC(C)(C)C)C(C)(C)C.CCCC(C)CC(NC=O)C(=O)C(N)=O.CS. The maximum absolute atomic E-state index is 12.9. The first-order chi connectivity index (χ1) is 21.6. The number of ether oxygens (including phenoxy) is 1. The topological polar surface area (TPSA) is 177 Å². The van der Waals surface area contributed by atoms with Crippen molar-refractivity contribution in [3.8, 4) is 0 Å². The number of thiol groups is 1. The summed E-state index contributed by atoms with van der Waals surface area (Å²) in [5.41, 5.74) is 4.30. The number of nitrogens with one attached hydrogen (secondary N) is 3. The summed E-state index contributed by atoms with van der Waals surface area (Å²) in [6.45, 7) is 24.9. The van der Waals surface area contributed by atoms with Crippen LogP contribution in [0, 0.1) is 22.7 Å². The van der Waals surface area contributed by atoms with Gasteiger partial charge in [0.15, 0.2) is 0 Å². The van der Waals surface area contributed by atoms with E-state index in [4.69, 9.17) is 10.5 Å². The maximum atomic E-state index is 12.9. The lowest BCUT2D eigenvalue weighted by molar-refractivity contribution is -0.145. The van der Waals surface area contributed by atoms with Gasteiger partial charge in [0.05, 0.1) is 12.6 Å². The van der Waals surface area contributed by atoms with Gasteiger partial charge in [-0.2, -0.15) is 12.6 Å². The first kappa shape index (κ1) is 48.6. The van der Waals surface area contributed by atoms with E-state index < -0.39 is 41.2 Å². The van der Waals surface area contributed by atoms with Crippen LogP contribution in [-0.4, -0.2) is 85.0 Å². The first-order valence-corrected chi connectivity index (χ1v) is 17.4. The second-order valence-corrected chi connectivity index (χ2v) is 14.8. The van der Waals surface area contributed by atoms with Crippen molar-refractivity contribution in [2.45, 2.75) is 133 Å². The van der Waals surface area contributed by atoms with Gasteiger partial charge in [0.1, 0.15) is 12.6 Å². The average molecular weight is 690 g/mol. The number of rotatable bonds is 13. The molecule has 13 heteroatoms. The van der Waals surface area contributed by atoms with Crippen LogP contribution in [-0.2, 0) is 28.7 Å². The number of hydrogen-bond acceptors (Lipinski definition) is 8. The van der Waals surface area contributed by atoms with Gasteiger partial charge >= 0.3 is 12.0 Å². The molecule has 0 aromatic rings. The van der Waals surface area contributed by atoms with E-state index in [1.807, 2.05) is 67.2 Å². The van der Waals surface area contributed by atoms with Crippen LogP contribution in [0.3, 0.4) is 0 Å². The number of primary amides is 1. The Labute approximate surface area is 290 Å². The highest BCUT2D eigenvalue weighted by atomic mass is 32.1. The second kappa shape index (κ2) is 25.2. The van der Waals surface area contributed by atoms with Gasteiger partial charge < -0.3 is 31.3 Å². The summed E-state index contributed by atoms with van der Waals surface area (Å²) in [4.78, 5) is 70.9. The van der Waals surface area contributed by atoms with E-state index in [0.717, 1.165) is 38.1 Å². The van der Waals surface area contributed by atoms with E-state index in [1.54, 1.807) is 6.26 Å². The molecule has 4 unspecified atom stereocenters. The highest BCUT2D eigenvalue weighted by molar-refractivity contribution is 7.79. The number of amides is 5. The monoisotopic (exact) mass is 689 g/mol. The van der Waals surface area contributed by atoms with Gasteiger partial charge in [0.2, 0.25) is 18.1 Å². The van der Waals surface area contributed by atoms with Crippen LogP contribution in [0.4, 0.5) is 4.79 Å². The number of carbonyl (C=O) groups is 6. The largest absolute Gasteiger partial charge is 0.464 e. The minimum atomic E-state index is -1.00. The number of Topliss-reactive ketones (excluding diaryl/α,β-unsaturated/α-hetero) is 1. The zero-order valence-corrected chi connectivity index (χ0v) is 32.3. The smallest absolute Gasteiger partial charge is 0.325 e. The average Bonchev–Trinajstić information content (AvgIpc) is 3.38. The minimum absolute atomic E-state index is 0.0760. The third-order valence-electron chi connectivity index (χ3n) is 6.53. The molecular weight excluding hydrogens is 622 g/mol. The number of hydrogen-bond donors (Lipinski definition) is 5. The molecule has 1 fully saturated rings. The Morgan fingerprint density at radius 1 is 1.02 bits per heavy atom. The van der Waals surface area contributed by atoms with Crippen LogP contribution in [0.2, 0.25) is 0 Å². The van der Waals surface area contributed by atoms with Crippen LogP contribution < -0.4 is 21.7 Å². The lowest BCUT2D eigenvalue weighted by Crippen LogP contribution is -2.57. The number of nitrogens with two attached hydrogens (primary N) is 1. The molecule has 1 rings (SSSR count). The lowest BCUT2D eigenvalue weighted by atomic mass is 9.85. The van der Waals surface area contributed by atoms with Crippen LogP contribution in [0.5, 0.6) is 0 Å². The molecule has 4 atom stereocenters. The predicted octanol–water partition coefficient (Wildman–Crippen LogP) is 4.49. The van der Waals surface area contributed by atoms with E-state index in [9.17, 15) is 28.8 Å². The van der Waals surface area contributed by atoms with Gasteiger partial charge in [-0.05, 0) is 55.1 Å². The van der Waals surface area contributed by atoms with Crippen LogP contribution >= 0.6 is 12.6 Å². The molecule has 0 aromatic heterocycles. The number of esters is 1. The molecule has 0 saturated carbocycles. The molecule has 47 heavy (non-hydrogen) atoms. The number of carbonyl (C=O) groups excluding carboxylic acids is 6. The fraction of sp³-hybridized carbons (Fsp3) is 0.824. The molecule has 0 bridgehead atoms. The van der Waals surface area contributed by atoms with Crippen LogP contribution in [0.25, 0.3) is 0 Å². The van der Waals surface area contributed by atoms with Gasteiger partial charge in [-0.1, -0.05) is 89.0 Å². The summed E-state index contributed by atoms with van der Waals surface area (Å²) in [6, 6.07) is -1.79. The van der Waals surface area contributed by atoms with E-state index >= 15 is 0 Å². The summed E-state index contributed by atoms with van der Waals surface area (Å²) in [7, 11) is 0. The van der Waals surface area contributed by atoms with Gasteiger partial charge in [-0.3, -0.25) is 24.0 Å². The highest BCUT2D eigenvalue weighted by Crippen LogP contribution is 2.25. The van der Waals surface area contributed by atoms with Gasteiger partial charge in [-0.25, -0.2) is 4.79 Å². The Balaban J connectivity index is -0.000000778. The molecule has 0 spiro atoms. The van der Waals surface area contributed by atoms with Crippen molar-refractivity contribution in [3.63, 3.8) is 0 Å². The van der Waals surface area contributed by atoms with E-state index in [1.165, 1.54) is 0 Å². The Morgan fingerprint density at radius 3 is 1.94 bits per heavy atom. The standard InChI is InChI=1S/C19H35N3O4.C10H18N2O3.C4H10.CH4S/c1-13-9-8-10-22(13)16(24)15(19(5,6)7)21-17(25)20-11-14(23)26-12-18(2,3)4;1-3-4-7(2)5-8(12-6-13)9(14)10(11)15;1-4(2)3;1-2/h13,15H,8-12H2,1-7H3,(H2,20,21,25);6-8H,3-5H2,1-2H3,(H2,11,15)(H,12,13);4H,1-3H3;2H,1H3. The number of nitrogens with zero attached hydrogens (tertiary/aromatic N) is 1. The van der Waals surface area contributed by atoms with Gasteiger partial charge in [0, 0.05) is 12.6 Å². The summed E-state index contributed by atoms with van der Waals surface area (Å²) >= 11 is 3.53. The summed E-state index contributed by atoms with van der Waals surface area (Å²) in [5.74, 6) is -1.20. The normalized spacial score (nSPS) is 15.9. The van der Waals surface area contributed by atoms with Crippen LogP contribution in [0.1, 0.15) is 115 Å². The van der Waals surface area contributed by atoms with Crippen molar-refractivity contribution in [1.29, 1.82) is 0 Å². The molecule has 1 saturated heterocycles. The number of likely N-dealkylation sites (tertiary alicyclic amines) is 1. The Kier molecular flexibility index (Phi) is 26.1. The van der Waals surface area contributed by atoms with Crippen molar-refractivity contribution in [2.24, 2.45) is 28.4 Å². The molecule has 0 radical (unpaired) electrons. The van der Waals surface area contributed by atoms with Crippen molar-refractivity contribution in [2.75, 3.05) is 26.0 Å². The zero-order chi connectivity index (χ0) is 37.5. The third kappa shape index (κ3) is 24.9. The summed E-state index contributed by atoms with van der Waals surface area (Å²) < 4.78 is 5.12. The van der Waals surface area contributed by atoms with Crippen LogP contribution in [0.15, 0.2) is 0 Å². The lowest BCUT2D eigenvalue weighted by Gasteiger charge is -2.35. The Hall–Kier alpha value is -2.83. The fourth-order valence-corrected chi connectivity index (χ4v) is 4.28. The van der Waals surface area contributed by atoms with Gasteiger partial charge in [0.25, 0.3) is 5.91 Å². The fourth-order valence-electron chi connectivity index (χ4n) is 4.28. The Morgan fingerprint density at radius 2 is 1.55 bits per heavy atom. The summed E-state index contributed by atoms with van der Waals surface area (Å²) in [5, 5.41) is 7.54. The van der Waals surface area contributed by atoms with Crippen molar-refractivity contribution in [1.82, 2.24) is 20.9 Å². The summed E-state index contributed by atoms with van der Waals surface area (Å²) in [6.07, 6.45) is 6.48. The van der Waals surface area contributed by atoms with Crippen molar-refractivity contribution < 1.29 is 33.5 Å². The minimum Gasteiger partial charge on any atom is -0.464 e. The first-order valence-electron chi connectivity index (χ1n) is 16.6. The molecule has 1 aliphatic rings. The third-order valence-corrected chi connectivity index (χ3v) is 6.53. The van der Waals surface area contributed by atoms with Crippen molar-refractivity contribution >= 4 is 48.6 Å².